The molecular formula is C9H9Cl5MgN6. The normalized spacial score (nSPS) is 8.29. The van der Waals surface area contributed by atoms with Gasteiger partial charge in [-0.2, -0.15) is 19.9 Å². The van der Waals surface area contributed by atoms with E-state index in [0.29, 0.717) is 5.82 Å². The summed E-state index contributed by atoms with van der Waals surface area (Å²) < 4.78 is 0. The average Bonchev–Trinajstić information content (AvgIpc) is 2.12. The van der Waals surface area contributed by atoms with Gasteiger partial charge in [0.25, 0.3) is 0 Å². The van der Waals surface area contributed by atoms with Crippen molar-refractivity contribution in [1.82, 2.24) is 29.9 Å². The van der Waals surface area contributed by atoms with E-state index in [1.165, 1.54) is 0 Å². The third-order valence-electron chi connectivity index (χ3n) is 1.25. The molecule has 6 nitrogen and oxygen atoms in total. The van der Waals surface area contributed by atoms with Crippen molar-refractivity contribution in [2.45, 2.75) is 6.92 Å². The minimum Gasteiger partial charge on any atom is -0.358 e. The van der Waals surface area contributed by atoms with Gasteiger partial charge in [0.1, 0.15) is 5.82 Å². The zero-order valence-corrected chi connectivity index (χ0v) is 16.5. The van der Waals surface area contributed by atoms with Crippen LogP contribution in [0.4, 0.5) is 0 Å². The van der Waals surface area contributed by atoms with Crippen LogP contribution in [0, 0.1) is 21.8 Å². The number of aromatic nitrogens is 6. The second kappa shape index (κ2) is 12.7. The van der Waals surface area contributed by atoms with Crippen LogP contribution in [0.1, 0.15) is 5.82 Å². The molecular weight excluding hydrogens is 394 g/mol. The number of hydrogen-bond donors (Lipinski definition) is 0. The van der Waals surface area contributed by atoms with E-state index in [4.69, 9.17) is 58.0 Å². The van der Waals surface area contributed by atoms with Crippen molar-refractivity contribution >= 4 is 81.1 Å². The van der Waals surface area contributed by atoms with Gasteiger partial charge in [-0.3, -0.25) is 0 Å². The third-order valence-corrected chi connectivity index (χ3v) is 2.09. The molecule has 2 aromatic rings. The van der Waals surface area contributed by atoms with Gasteiger partial charge in [-0.15, -0.1) is 0 Å². The summed E-state index contributed by atoms with van der Waals surface area (Å²) in [6, 6.07) is 0. The molecule has 0 amide bonds. The SMILES string of the molecule is Cc1nc(Cl)nc(Cl)n1.Clc1nc(Cl)nc(Cl)n1.[CH3-].[CH3-].[Mg+2]. The monoisotopic (exact) mass is 400 g/mol. The summed E-state index contributed by atoms with van der Waals surface area (Å²) in [5.41, 5.74) is 0. The first-order valence-electron chi connectivity index (χ1n) is 4.13. The predicted molar refractivity (Wildman–Crippen MR) is 88.0 cm³/mol. The van der Waals surface area contributed by atoms with Gasteiger partial charge in [-0.25, -0.2) is 9.97 Å². The summed E-state index contributed by atoms with van der Waals surface area (Å²) >= 11 is 26.8. The van der Waals surface area contributed by atoms with Gasteiger partial charge in [0.2, 0.25) is 26.4 Å². The fraction of sp³-hybridized carbons (Fsp3) is 0.111. The van der Waals surface area contributed by atoms with Crippen molar-refractivity contribution in [3.63, 3.8) is 0 Å². The summed E-state index contributed by atoms with van der Waals surface area (Å²) in [6.45, 7) is 1.69. The van der Waals surface area contributed by atoms with Gasteiger partial charge in [0, 0.05) is 0 Å². The van der Waals surface area contributed by atoms with Crippen molar-refractivity contribution in [2.75, 3.05) is 0 Å². The van der Waals surface area contributed by atoms with Crippen LogP contribution in [0.3, 0.4) is 0 Å². The van der Waals surface area contributed by atoms with E-state index in [2.05, 4.69) is 29.9 Å². The summed E-state index contributed by atoms with van der Waals surface area (Å²) in [4.78, 5) is 21.3. The quantitative estimate of drug-likeness (QED) is 0.492. The molecule has 0 aliphatic rings. The van der Waals surface area contributed by atoms with Crippen molar-refractivity contribution < 1.29 is 0 Å². The molecule has 0 aromatic carbocycles. The summed E-state index contributed by atoms with van der Waals surface area (Å²) in [6.07, 6.45) is 0. The molecule has 0 saturated heterocycles. The molecule has 0 atom stereocenters. The van der Waals surface area contributed by atoms with Crippen LogP contribution in [0.25, 0.3) is 0 Å². The standard InChI is InChI=1S/C4H3Cl2N3.C3Cl3N3.2CH3.Mg/c1-2-7-3(5)9-4(6)8-2;4-1-7-2(5)9-3(6)8-1;;;/h1H3;;2*1H3;/q;;2*-1;+2. The average molecular weight is 403 g/mol. The van der Waals surface area contributed by atoms with E-state index in [-0.39, 0.29) is 64.3 Å². The number of nitrogens with zero attached hydrogens (tertiary/aromatic N) is 6. The molecule has 0 spiro atoms. The second-order valence-electron chi connectivity index (χ2n) is 2.56. The molecule has 2 rings (SSSR count). The zero-order valence-electron chi connectivity index (χ0n) is 11.3. The molecule has 0 aliphatic carbocycles. The maximum Gasteiger partial charge on any atom is 2.00 e. The molecule has 0 unspecified atom stereocenters. The Balaban J connectivity index is -0.000000270. The Morgan fingerprint density at radius 1 is 0.524 bits per heavy atom. The smallest absolute Gasteiger partial charge is 0.358 e. The maximum absolute atomic E-state index is 5.40. The van der Waals surface area contributed by atoms with Crippen LogP contribution in [-0.4, -0.2) is 53.0 Å². The Hall–Kier alpha value is 0.236. The third kappa shape index (κ3) is 11.5. The minimum atomic E-state index is 0. The molecule has 2 aromatic heterocycles. The van der Waals surface area contributed by atoms with Crippen molar-refractivity contribution in [1.29, 1.82) is 0 Å². The van der Waals surface area contributed by atoms with E-state index in [0.717, 1.165) is 0 Å². The van der Waals surface area contributed by atoms with Crippen molar-refractivity contribution in [3.05, 3.63) is 47.1 Å². The molecule has 0 fully saturated rings. The van der Waals surface area contributed by atoms with Gasteiger partial charge < -0.3 is 14.9 Å². The van der Waals surface area contributed by atoms with E-state index in [9.17, 15) is 0 Å². The molecule has 21 heavy (non-hydrogen) atoms. The van der Waals surface area contributed by atoms with E-state index in [1.54, 1.807) is 6.92 Å². The predicted octanol–water partition coefficient (Wildman–Crippen LogP) is 3.84. The first-order chi connectivity index (χ1) is 8.36. The van der Waals surface area contributed by atoms with Gasteiger partial charge in [0.15, 0.2) is 0 Å². The van der Waals surface area contributed by atoms with E-state index >= 15 is 0 Å². The Bertz CT molecular complexity index is 408. The Morgan fingerprint density at radius 3 is 0.905 bits per heavy atom. The fourth-order valence-corrected chi connectivity index (χ4v) is 1.78. The summed E-state index contributed by atoms with van der Waals surface area (Å²) in [5, 5.41) is 0.264. The van der Waals surface area contributed by atoms with Crippen molar-refractivity contribution in [2.24, 2.45) is 0 Å². The maximum atomic E-state index is 5.40. The molecule has 0 aliphatic heterocycles. The molecule has 2 heterocycles. The number of rotatable bonds is 0. The minimum absolute atomic E-state index is 0. The Labute approximate surface area is 164 Å². The van der Waals surface area contributed by atoms with E-state index < -0.39 is 0 Å². The molecule has 112 valence electrons. The van der Waals surface area contributed by atoms with E-state index in [1.807, 2.05) is 0 Å². The van der Waals surface area contributed by atoms with Crippen LogP contribution in [0.5, 0.6) is 0 Å². The molecule has 0 radical (unpaired) electrons. The number of halogens is 5. The van der Waals surface area contributed by atoms with Gasteiger partial charge in [-0.1, -0.05) is 0 Å². The Morgan fingerprint density at radius 2 is 0.714 bits per heavy atom. The van der Waals surface area contributed by atoms with Crippen LogP contribution in [0.15, 0.2) is 0 Å². The number of aryl methyl sites for hydroxylation is 1. The first kappa shape index (κ1) is 26.1. The van der Waals surface area contributed by atoms with Gasteiger partial charge in [0.05, 0.1) is 0 Å². The molecule has 0 N–H and O–H groups in total. The fourth-order valence-electron chi connectivity index (χ4n) is 0.722. The first-order valence-corrected chi connectivity index (χ1v) is 6.02. The summed E-state index contributed by atoms with van der Waals surface area (Å²) in [5.74, 6) is 0.528. The van der Waals surface area contributed by atoms with Crippen molar-refractivity contribution in [3.8, 4) is 0 Å². The largest absolute Gasteiger partial charge is 2.00 e. The second-order valence-corrected chi connectivity index (χ2v) is 4.25. The van der Waals surface area contributed by atoms with Gasteiger partial charge >= 0.3 is 23.1 Å². The van der Waals surface area contributed by atoms with Crippen LogP contribution in [-0.2, 0) is 0 Å². The summed E-state index contributed by atoms with van der Waals surface area (Å²) in [7, 11) is 0. The zero-order chi connectivity index (χ0) is 13.7. The van der Waals surface area contributed by atoms with Crippen LogP contribution >= 0.6 is 58.0 Å². The Kier molecular flexibility index (Phi) is 15.9. The molecule has 12 heteroatoms. The van der Waals surface area contributed by atoms with Crippen LogP contribution < -0.4 is 0 Å². The van der Waals surface area contributed by atoms with Crippen LogP contribution in [0.2, 0.25) is 26.4 Å². The topological polar surface area (TPSA) is 77.3 Å². The van der Waals surface area contributed by atoms with Gasteiger partial charge in [-0.05, 0) is 64.9 Å². The molecule has 0 bridgehead atoms. The number of hydrogen-bond acceptors (Lipinski definition) is 6. The molecule has 0 saturated carbocycles.